The van der Waals surface area contributed by atoms with Gasteiger partial charge in [0.25, 0.3) is 0 Å². The van der Waals surface area contributed by atoms with Crippen molar-refractivity contribution in [3.05, 3.63) is 48.5 Å². The summed E-state index contributed by atoms with van der Waals surface area (Å²) in [5.74, 6) is -2.23. The van der Waals surface area contributed by atoms with Gasteiger partial charge >= 0.3 is 12.1 Å². The van der Waals surface area contributed by atoms with E-state index in [0.717, 1.165) is 11.9 Å². The number of nitrogens with zero attached hydrogens (tertiary/aromatic N) is 5. The van der Waals surface area contributed by atoms with Crippen LogP contribution in [-0.4, -0.2) is 83.4 Å². The number of carboxylic acids is 1. The van der Waals surface area contributed by atoms with Crippen LogP contribution < -0.4 is 15.5 Å². The average molecular weight is 599 g/mol. The van der Waals surface area contributed by atoms with Gasteiger partial charge in [0.05, 0.1) is 29.7 Å². The van der Waals surface area contributed by atoms with Gasteiger partial charge in [-0.05, 0) is 30.3 Å². The third kappa shape index (κ3) is 7.76. The number of H-pyrrole nitrogens is 1. The molecule has 0 bridgehead atoms. The van der Waals surface area contributed by atoms with Crippen LogP contribution in [0.25, 0.3) is 11.0 Å². The Morgan fingerprint density at radius 2 is 1.83 bits per heavy atom. The van der Waals surface area contributed by atoms with Crippen molar-refractivity contribution in [3.63, 3.8) is 0 Å². The lowest BCUT2D eigenvalue weighted by molar-refractivity contribution is -0.192. The van der Waals surface area contributed by atoms with E-state index in [-0.39, 0.29) is 10.8 Å². The van der Waals surface area contributed by atoms with E-state index < -0.39 is 27.8 Å². The second-order valence-corrected chi connectivity index (χ2v) is 10.5. The molecular formula is C23H22F4N8O5S. The highest BCUT2D eigenvalue weighted by Crippen LogP contribution is 2.28. The summed E-state index contributed by atoms with van der Waals surface area (Å²) in [6.45, 7) is 2.47. The van der Waals surface area contributed by atoms with Crippen molar-refractivity contribution in [2.75, 3.05) is 48.1 Å². The quantitative estimate of drug-likeness (QED) is 0.239. The average Bonchev–Trinajstić information content (AvgIpc) is 3.30. The number of hydrogen-bond acceptors (Lipinski definition) is 11. The van der Waals surface area contributed by atoms with Crippen LogP contribution in [0.15, 0.2) is 47.6 Å². The fraction of sp³-hybridized carbons (Fsp3) is 0.261. The minimum atomic E-state index is -5.08. The third-order valence-electron chi connectivity index (χ3n) is 5.48. The summed E-state index contributed by atoms with van der Waals surface area (Å²) in [5, 5.41) is 20.5. The summed E-state index contributed by atoms with van der Waals surface area (Å²) in [5.41, 5.74) is 1.73. The molecule has 18 heteroatoms. The molecule has 1 saturated heterocycles. The molecule has 1 aliphatic rings. The van der Waals surface area contributed by atoms with Gasteiger partial charge in [-0.3, -0.25) is 5.10 Å². The number of nitrogens with one attached hydrogen (secondary N) is 3. The Kier molecular flexibility index (Phi) is 8.52. The molecule has 0 saturated carbocycles. The molecule has 1 fully saturated rings. The molecule has 4 aromatic rings. The number of sulfone groups is 1. The predicted molar refractivity (Wildman–Crippen MR) is 139 cm³/mol. The van der Waals surface area contributed by atoms with Gasteiger partial charge in [0.1, 0.15) is 11.6 Å². The van der Waals surface area contributed by atoms with Crippen LogP contribution in [0.5, 0.6) is 0 Å². The number of aromatic amines is 1. The van der Waals surface area contributed by atoms with Crippen LogP contribution in [0.2, 0.25) is 0 Å². The number of morpholine rings is 1. The van der Waals surface area contributed by atoms with E-state index in [1.54, 1.807) is 18.2 Å². The number of hydrogen-bond donors (Lipinski definition) is 4. The van der Waals surface area contributed by atoms with Crippen molar-refractivity contribution >= 4 is 55.8 Å². The van der Waals surface area contributed by atoms with Crippen molar-refractivity contribution in [1.29, 1.82) is 0 Å². The van der Waals surface area contributed by atoms with Crippen LogP contribution in [0.1, 0.15) is 0 Å². The zero-order valence-electron chi connectivity index (χ0n) is 21.1. The second-order valence-electron chi connectivity index (χ2n) is 8.53. The van der Waals surface area contributed by atoms with Gasteiger partial charge in [0.15, 0.2) is 21.3 Å². The Morgan fingerprint density at radius 1 is 1.12 bits per heavy atom. The van der Waals surface area contributed by atoms with Crippen molar-refractivity contribution in [3.8, 4) is 0 Å². The maximum absolute atomic E-state index is 13.6. The summed E-state index contributed by atoms with van der Waals surface area (Å²) in [4.78, 5) is 23.8. The van der Waals surface area contributed by atoms with Gasteiger partial charge in [0, 0.05) is 36.9 Å². The second kappa shape index (κ2) is 11.9. The molecule has 3 aromatic heterocycles. The summed E-state index contributed by atoms with van der Waals surface area (Å²) in [7, 11) is -3.44. The lowest BCUT2D eigenvalue weighted by atomic mass is 10.2. The number of alkyl halides is 3. The predicted octanol–water partition coefficient (Wildman–Crippen LogP) is 3.25. The maximum Gasteiger partial charge on any atom is 0.490 e. The van der Waals surface area contributed by atoms with E-state index in [1.165, 1.54) is 18.5 Å². The van der Waals surface area contributed by atoms with Crippen molar-refractivity contribution in [1.82, 2.24) is 25.1 Å². The first kappa shape index (κ1) is 29.4. The summed E-state index contributed by atoms with van der Waals surface area (Å²) >= 11 is 0. The highest BCUT2D eigenvalue weighted by Gasteiger charge is 2.38. The number of benzene rings is 1. The van der Waals surface area contributed by atoms with E-state index in [2.05, 4.69) is 40.7 Å². The number of anilines is 5. The third-order valence-corrected chi connectivity index (χ3v) is 6.57. The molecule has 5 rings (SSSR count). The number of fused-ring (bicyclic) bond motifs is 1. The number of aromatic nitrogens is 5. The maximum atomic E-state index is 13.6. The Balaban J connectivity index is 0.000000493. The molecule has 0 atom stereocenters. The van der Waals surface area contributed by atoms with Gasteiger partial charge in [-0.2, -0.15) is 23.3 Å². The minimum absolute atomic E-state index is 0.186. The highest BCUT2D eigenvalue weighted by molar-refractivity contribution is 7.90. The van der Waals surface area contributed by atoms with E-state index in [0.29, 0.717) is 54.7 Å². The van der Waals surface area contributed by atoms with Crippen molar-refractivity contribution < 1.29 is 40.6 Å². The molecule has 1 aliphatic heterocycles. The molecule has 218 valence electrons. The van der Waals surface area contributed by atoms with Gasteiger partial charge in [-0.1, -0.05) is 0 Å². The standard InChI is InChI=1S/C21H21FN8O3S.C2HF3O2/c1-34(31,32)16-10-14(9-15(11-16)30-4-6-33-7-5-30)25-21-23-3-2-18(27-21)26-20-17-8-13(22)12-24-19(17)28-29-20;3-2(4,5)1(6)7/h2-3,8-12H,4-7H2,1H3,(H3,23,24,25,26,27,28,29);(H,6,7). The van der Waals surface area contributed by atoms with E-state index in [4.69, 9.17) is 14.6 Å². The smallest absolute Gasteiger partial charge is 0.475 e. The zero-order chi connectivity index (χ0) is 29.8. The number of carbonyl (C=O) groups is 1. The molecule has 13 nitrogen and oxygen atoms in total. The Labute approximate surface area is 229 Å². The van der Waals surface area contributed by atoms with Crippen molar-refractivity contribution in [2.24, 2.45) is 0 Å². The molecule has 4 heterocycles. The van der Waals surface area contributed by atoms with E-state index in [1.807, 2.05) is 6.07 Å². The van der Waals surface area contributed by atoms with Gasteiger partial charge in [-0.15, -0.1) is 0 Å². The molecule has 41 heavy (non-hydrogen) atoms. The fourth-order valence-corrected chi connectivity index (χ4v) is 4.26. The van der Waals surface area contributed by atoms with Crippen LogP contribution in [0.4, 0.5) is 46.5 Å². The van der Waals surface area contributed by atoms with Crippen LogP contribution in [-0.2, 0) is 19.4 Å². The molecular weight excluding hydrogens is 576 g/mol. The fourth-order valence-electron chi connectivity index (χ4n) is 3.59. The molecule has 1 aromatic carbocycles. The van der Waals surface area contributed by atoms with Gasteiger partial charge < -0.3 is 25.4 Å². The largest absolute Gasteiger partial charge is 0.490 e. The lowest BCUT2D eigenvalue weighted by Crippen LogP contribution is -2.36. The van der Waals surface area contributed by atoms with Gasteiger partial charge in [-0.25, -0.2) is 27.6 Å². The van der Waals surface area contributed by atoms with Crippen LogP contribution >= 0.6 is 0 Å². The first-order chi connectivity index (χ1) is 19.3. The summed E-state index contributed by atoms with van der Waals surface area (Å²) in [6.07, 6.45) is -1.27. The number of pyridine rings is 1. The number of carboxylic acid groups (broad SMARTS) is 1. The number of aliphatic carboxylic acids is 1. The Morgan fingerprint density at radius 3 is 2.49 bits per heavy atom. The molecule has 0 unspecified atom stereocenters. The first-order valence-electron chi connectivity index (χ1n) is 11.6. The molecule has 0 radical (unpaired) electrons. The van der Waals surface area contributed by atoms with E-state index in [9.17, 15) is 26.0 Å². The lowest BCUT2D eigenvalue weighted by Gasteiger charge is -2.29. The van der Waals surface area contributed by atoms with Gasteiger partial charge in [0.2, 0.25) is 5.95 Å². The topological polar surface area (TPSA) is 175 Å². The number of rotatable bonds is 6. The molecule has 4 N–H and O–H groups in total. The molecule has 0 aliphatic carbocycles. The Hall–Kier alpha value is -4.58. The Bertz CT molecular complexity index is 1660. The van der Waals surface area contributed by atoms with Crippen molar-refractivity contribution in [2.45, 2.75) is 11.1 Å². The normalized spacial score (nSPS) is 13.8. The summed E-state index contributed by atoms with van der Waals surface area (Å²) < 4.78 is 75.3. The highest BCUT2D eigenvalue weighted by atomic mass is 32.2. The first-order valence-corrected chi connectivity index (χ1v) is 13.5. The number of halogens is 4. The van der Waals surface area contributed by atoms with E-state index >= 15 is 0 Å². The SMILES string of the molecule is CS(=O)(=O)c1cc(Nc2nccc(Nc3n[nH]c4ncc(F)cc34)n2)cc(N2CCOCC2)c1.O=C(O)C(F)(F)F. The summed E-state index contributed by atoms with van der Waals surface area (Å²) in [6, 6.07) is 7.99. The van der Waals surface area contributed by atoms with Crippen LogP contribution in [0, 0.1) is 5.82 Å². The zero-order valence-corrected chi connectivity index (χ0v) is 21.9. The van der Waals surface area contributed by atoms with Crippen LogP contribution in [0.3, 0.4) is 0 Å². The molecule has 0 amide bonds. The number of ether oxygens (including phenoxy) is 1. The minimum Gasteiger partial charge on any atom is -0.475 e. The monoisotopic (exact) mass is 598 g/mol. The molecule has 0 spiro atoms.